The van der Waals surface area contributed by atoms with Gasteiger partial charge in [0.2, 0.25) is 0 Å². The molecular formula is C15H22BBrN2O2. The minimum absolute atomic E-state index is 0.350. The van der Waals surface area contributed by atoms with Crippen LogP contribution in [-0.4, -0.2) is 24.9 Å². The van der Waals surface area contributed by atoms with Gasteiger partial charge in [-0.1, -0.05) is 22.0 Å². The lowest BCUT2D eigenvalue weighted by molar-refractivity contribution is 0.00578. The van der Waals surface area contributed by atoms with Crippen LogP contribution in [0.4, 0.5) is 5.69 Å². The average molecular weight is 353 g/mol. The second kappa shape index (κ2) is 5.76. The molecule has 0 bridgehead atoms. The van der Waals surface area contributed by atoms with Gasteiger partial charge in [-0.3, -0.25) is 0 Å². The number of nitrogens with two attached hydrogens (primary N) is 2. The van der Waals surface area contributed by atoms with E-state index in [0.29, 0.717) is 12.2 Å². The molecule has 0 spiro atoms. The molecule has 1 aromatic rings. The Morgan fingerprint density at radius 2 is 1.81 bits per heavy atom. The van der Waals surface area contributed by atoms with E-state index in [9.17, 15) is 0 Å². The molecule has 1 saturated heterocycles. The highest BCUT2D eigenvalue weighted by molar-refractivity contribution is 9.10. The van der Waals surface area contributed by atoms with Crippen molar-refractivity contribution in [3.05, 3.63) is 33.7 Å². The normalized spacial score (nSPS) is 20.9. The van der Waals surface area contributed by atoms with Crippen molar-refractivity contribution < 1.29 is 9.31 Å². The summed E-state index contributed by atoms with van der Waals surface area (Å²) < 4.78 is 13.0. The summed E-state index contributed by atoms with van der Waals surface area (Å²) in [4.78, 5) is 0. The third-order valence-corrected chi connectivity index (χ3v) is 4.67. The summed E-state index contributed by atoms with van der Waals surface area (Å²) in [5.41, 5.74) is 13.6. The molecule has 1 aliphatic heterocycles. The van der Waals surface area contributed by atoms with Gasteiger partial charge in [-0.15, -0.1) is 0 Å². The van der Waals surface area contributed by atoms with E-state index < -0.39 is 7.12 Å². The molecule has 21 heavy (non-hydrogen) atoms. The molecule has 0 aromatic heterocycles. The topological polar surface area (TPSA) is 70.5 Å². The van der Waals surface area contributed by atoms with Crippen LogP contribution in [0.5, 0.6) is 0 Å². The molecular weight excluding hydrogens is 331 g/mol. The third kappa shape index (κ3) is 3.34. The van der Waals surface area contributed by atoms with Crippen molar-refractivity contribution in [1.82, 2.24) is 0 Å². The van der Waals surface area contributed by atoms with Crippen LogP contribution < -0.4 is 11.5 Å². The highest BCUT2D eigenvalue weighted by Gasteiger charge is 2.52. The number of nitrogen functional groups attached to an aromatic ring is 1. The Balaban J connectivity index is 2.33. The first-order valence-electron chi connectivity index (χ1n) is 6.97. The van der Waals surface area contributed by atoms with Gasteiger partial charge in [-0.25, -0.2) is 0 Å². The average Bonchev–Trinajstić information content (AvgIpc) is 2.59. The van der Waals surface area contributed by atoms with Crippen LogP contribution in [-0.2, 0) is 9.31 Å². The van der Waals surface area contributed by atoms with E-state index in [1.165, 1.54) is 0 Å². The monoisotopic (exact) mass is 352 g/mol. The van der Waals surface area contributed by atoms with Crippen molar-refractivity contribution in [1.29, 1.82) is 0 Å². The van der Waals surface area contributed by atoms with Gasteiger partial charge < -0.3 is 20.8 Å². The second-order valence-corrected chi connectivity index (χ2v) is 7.20. The first-order valence-corrected chi connectivity index (χ1v) is 7.77. The summed E-state index contributed by atoms with van der Waals surface area (Å²) in [5, 5.41) is 0. The minimum atomic E-state index is -0.446. The molecule has 4 nitrogen and oxygen atoms in total. The lowest BCUT2D eigenvalue weighted by Crippen LogP contribution is -2.41. The molecule has 0 radical (unpaired) electrons. The molecule has 0 atom stereocenters. The van der Waals surface area contributed by atoms with Gasteiger partial charge in [0.1, 0.15) is 0 Å². The van der Waals surface area contributed by atoms with E-state index in [-0.39, 0.29) is 11.2 Å². The quantitative estimate of drug-likeness (QED) is 0.648. The SMILES string of the molecule is CC1(C)OB(C(=Cc2cc(Br)ccc2N)CN)OC1(C)C. The van der Waals surface area contributed by atoms with Gasteiger partial charge in [0.05, 0.1) is 11.2 Å². The summed E-state index contributed by atoms with van der Waals surface area (Å²) in [6.45, 7) is 8.44. The number of hydrogen-bond acceptors (Lipinski definition) is 4. The predicted molar refractivity (Wildman–Crippen MR) is 91.7 cm³/mol. The zero-order valence-corrected chi connectivity index (χ0v) is 14.5. The Morgan fingerprint density at radius 1 is 1.24 bits per heavy atom. The first kappa shape index (κ1) is 16.6. The van der Waals surface area contributed by atoms with E-state index >= 15 is 0 Å². The number of hydrogen-bond donors (Lipinski definition) is 2. The summed E-state index contributed by atoms with van der Waals surface area (Å²) in [6, 6.07) is 5.72. The molecule has 2 rings (SSSR count). The molecule has 6 heteroatoms. The van der Waals surface area contributed by atoms with E-state index in [2.05, 4.69) is 15.9 Å². The maximum Gasteiger partial charge on any atom is 0.491 e. The largest absolute Gasteiger partial charge is 0.491 e. The van der Waals surface area contributed by atoms with E-state index in [1.807, 2.05) is 52.0 Å². The van der Waals surface area contributed by atoms with Gasteiger partial charge in [-0.2, -0.15) is 0 Å². The number of benzene rings is 1. The van der Waals surface area contributed by atoms with Gasteiger partial charge in [0, 0.05) is 16.7 Å². The van der Waals surface area contributed by atoms with Crippen LogP contribution in [0.25, 0.3) is 6.08 Å². The number of rotatable bonds is 3. The highest BCUT2D eigenvalue weighted by atomic mass is 79.9. The fraction of sp³-hybridized carbons (Fsp3) is 0.467. The molecule has 1 aromatic carbocycles. The van der Waals surface area contributed by atoms with Crippen LogP contribution in [0.2, 0.25) is 0 Å². The van der Waals surface area contributed by atoms with Crippen molar-refractivity contribution in [3.63, 3.8) is 0 Å². The lowest BCUT2D eigenvalue weighted by Gasteiger charge is -2.32. The third-order valence-electron chi connectivity index (χ3n) is 4.18. The Kier molecular flexibility index (Phi) is 4.54. The Morgan fingerprint density at radius 3 is 2.33 bits per heavy atom. The summed E-state index contributed by atoms with van der Waals surface area (Å²) in [6.07, 6.45) is 1.95. The van der Waals surface area contributed by atoms with Crippen LogP contribution in [0.1, 0.15) is 33.3 Å². The van der Waals surface area contributed by atoms with Gasteiger partial charge in [-0.05, 0) is 56.9 Å². The maximum absolute atomic E-state index is 6.04. The Bertz CT molecular complexity index is 557. The van der Waals surface area contributed by atoms with Crippen molar-refractivity contribution >= 4 is 34.8 Å². The Hall–Kier alpha value is -0.815. The molecule has 1 aliphatic rings. The van der Waals surface area contributed by atoms with Crippen LogP contribution >= 0.6 is 15.9 Å². The molecule has 0 amide bonds. The highest BCUT2D eigenvalue weighted by Crippen LogP contribution is 2.38. The van der Waals surface area contributed by atoms with Crippen LogP contribution in [0, 0.1) is 0 Å². The van der Waals surface area contributed by atoms with E-state index in [4.69, 9.17) is 20.8 Å². The summed E-state index contributed by atoms with van der Waals surface area (Å²) in [7, 11) is -0.446. The fourth-order valence-corrected chi connectivity index (χ4v) is 2.47. The molecule has 0 unspecified atom stereocenters. The summed E-state index contributed by atoms with van der Waals surface area (Å²) in [5.74, 6) is 0. The van der Waals surface area contributed by atoms with Gasteiger partial charge >= 0.3 is 7.12 Å². The standard InChI is InChI=1S/C15H22BBrN2O2/c1-14(2)15(3,4)21-16(20-14)11(9-18)7-10-8-12(17)5-6-13(10)19/h5-8H,9,18-19H2,1-4H3. The van der Waals surface area contributed by atoms with Crippen LogP contribution in [0.3, 0.4) is 0 Å². The first-order chi connectivity index (χ1) is 9.66. The number of anilines is 1. The van der Waals surface area contributed by atoms with Crippen molar-refractivity contribution in [2.24, 2.45) is 5.73 Å². The minimum Gasteiger partial charge on any atom is -0.400 e. The van der Waals surface area contributed by atoms with Gasteiger partial charge in [0.15, 0.2) is 0 Å². The van der Waals surface area contributed by atoms with Crippen molar-refractivity contribution in [2.45, 2.75) is 38.9 Å². The van der Waals surface area contributed by atoms with E-state index in [1.54, 1.807) is 0 Å². The molecule has 0 saturated carbocycles. The predicted octanol–water partition coefficient (Wildman–Crippen LogP) is 3.00. The zero-order chi connectivity index (χ0) is 15.8. The molecule has 1 heterocycles. The smallest absolute Gasteiger partial charge is 0.400 e. The fourth-order valence-electron chi connectivity index (χ4n) is 2.09. The zero-order valence-electron chi connectivity index (χ0n) is 12.9. The Labute approximate surface area is 135 Å². The maximum atomic E-state index is 6.04. The van der Waals surface area contributed by atoms with Crippen LogP contribution in [0.15, 0.2) is 28.1 Å². The molecule has 1 fully saturated rings. The van der Waals surface area contributed by atoms with Crippen molar-refractivity contribution in [2.75, 3.05) is 12.3 Å². The molecule has 4 N–H and O–H groups in total. The van der Waals surface area contributed by atoms with E-state index in [0.717, 1.165) is 15.5 Å². The second-order valence-electron chi connectivity index (χ2n) is 6.28. The molecule has 0 aliphatic carbocycles. The molecule has 114 valence electrons. The summed E-state index contributed by atoms with van der Waals surface area (Å²) >= 11 is 3.45. The lowest BCUT2D eigenvalue weighted by atomic mass is 9.77. The van der Waals surface area contributed by atoms with Crippen molar-refractivity contribution in [3.8, 4) is 0 Å². The van der Waals surface area contributed by atoms with Gasteiger partial charge in [0.25, 0.3) is 0 Å². The number of halogens is 1.